The third-order valence-corrected chi connectivity index (χ3v) is 4.53. The van der Waals surface area contributed by atoms with Crippen LogP contribution in [-0.2, 0) is 22.1 Å². The van der Waals surface area contributed by atoms with Gasteiger partial charge in [0.15, 0.2) is 0 Å². The topological polar surface area (TPSA) is 80.2 Å². The van der Waals surface area contributed by atoms with Gasteiger partial charge in [0.05, 0.1) is 0 Å². The molecule has 0 spiro atoms. The predicted molar refractivity (Wildman–Crippen MR) is 97.4 cm³/mol. The molecule has 6 heteroatoms. The summed E-state index contributed by atoms with van der Waals surface area (Å²) in [6, 6.07) is 12.6. The molecule has 0 aliphatic carbocycles. The van der Waals surface area contributed by atoms with Crippen molar-refractivity contribution in [1.82, 2.24) is 9.88 Å². The van der Waals surface area contributed by atoms with Gasteiger partial charge in [0.25, 0.3) is 5.56 Å². The molecule has 2 rings (SSSR count). The Kier molecular flexibility index (Phi) is 5.41. The van der Waals surface area contributed by atoms with Crippen molar-refractivity contribution in [1.29, 1.82) is 0 Å². The summed E-state index contributed by atoms with van der Waals surface area (Å²) in [6.07, 6.45) is 1.57. The van der Waals surface area contributed by atoms with Crippen LogP contribution in [0.2, 0.25) is 0 Å². The van der Waals surface area contributed by atoms with Crippen molar-refractivity contribution in [3.63, 3.8) is 0 Å². The van der Waals surface area contributed by atoms with E-state index in [0.717, 1.165) is 5.56 Å². The molecule has 0 fully saturated rings. The Morgan fingerprint density at radius 2 is 1.68 bits per heavy atom. The summed E-state index contributed by atoms with van der Waals surface area (Å²) in [7, 11) is 1.57. The van der Waals surface area contributed by atoms with Gasteiger partial charge in [0.1, 0.15) is 5.69 Å². The molecule has 6 nitrogen and oxygen atoms in total. The number of rotatable bonds is 4. The lowest BCUT2D eigenvalue weighted by molar-refractivity contribution is -0.136. The molecule has 25 heavy (non-hydrogen) atoms. The number of amides is 2. The highest BCUT2D eigenvalue weighted by Gasteiger charge is 2.30. The van der Waals surface area contributed by atoms with E-state index in [4.69, 9.17) is 0 Å². The quantitative estimate of drug-likeness (QED) is 0.832. The van der Waals surface area contributed by atoms with Gasteiger partial charge in [0, 0.05) is 24.7 Å². The average molecular weight is 341 g/mol. The molecule has 0 aliphatic heterocycles. The summed E-state index contributed by atoms with van der Waals surface area (Å²) in [5.41, 5.74) is 0.390. The zero-order chi connectivity index (χ0) is 18.6. The fourth-order valence-electron chi connectivity index (χ4n) is 2.43. The molecular formula is C19H23N3O3. The number of benzene rings is 1. The highest BCUT2D eigenvalue weighted by Crippen LogP contribution is 2.26. The number of aryl methyl sites for hydroxylation is 1. The zero-order valence-electron chi connectivity index (χ0n) is 14.9. The van der Waals surface area contributed by atoms with E-state index in [-0.39, 0.29) is 22.7 Å². The number of carbonyl (C=O) groups excluding carboxylic acids is 2. The van der Waals surface area contributed by atoms with Crippen molar-refractivity contribution >= 4 is 17.5 Å². The fraction of sp³-hybridized carbons (Fsp3) is 0.316. The Hall–Kier alpha value is -2.89. The second kappa shape index (κ2) is 7.34. The van der Waals surface area contributed by atoms with Crippen molar-refractivity contribution in [3.8, 4) is 0 Å². The third-order valence-electron chi connectivity index (χ3n) is 4.53. The van der Waals surface area contributed by atoms with Crippen molar-refractivity contribution in [2.24, 2.45) is 7.05 Å². The Bertz CT molecular complexity index is 825. The Morgan fingerprint density at radius 3 is 2.32 bits per heavy atom. The largest absolute Gasteiger partial charge is 0.344 e. The van der Waals surface area contributed by atoms with Gasteiger partial charge in [-0.2, -0.15) is 0 Å². The van der Waals surface area contributed by atoms with Gasteiger partial charge < -0.3 is 15.2 Å². The standard InChI is InChI=1S/C19H23N3O3/c1-13(19(2,3)14-9-6-5-7-10-14)20-16(23)17(24)21-15-11-8-12-22(4)18(15)25/h5-13H,1-4H3,(H,20,23)(H,21,24). The lowest BCUT2D eigenvalue weighted by atomic mass is 9.78. The van der Waals surface area contributed by atoms with Crippen LogP contribution in [-0.4, -0.2) is 22.4 Å². The minimum Gasteiger partial charge on any atom is -0.344 e. The SMILES string of the molecule is CC(NC(=O)C(=O)Nc1cccn(C)c1=O)C(C)(C)c1ccccc1. The molecule has 0 saturated carbocycles. The Labute approximate surface area is 146 Å². The lowest BCUT2D eigenvalue weighted by Gasteiger charge is -2.32. The number of nitrogens with zero attached hydrogens (tertiary/aromatic N) is 1. The van der Waals surface area contributed by atoms with Crippen LogP contribution in [0, 0.1) is 0 Å². The maximum atomic E-state index is 12.2. The van der Waals surface area contributed by atoms with Crippen molar-refractivity contribution < 1.29 is 9.59 Å². The van der Waals surface area contributed by atoms with Crippen molar-refractivity contribution in [2.45, 2.75) is 32.2 Å². The van der Waals surface area contributed by atoms with Crippen molar-refractivity contribution in [3.05, 3.63) is 64.6 Å². The smallest absolute Gasteiger partial charge is 0.313 e. The van der Waals surface area contributed by atoms with Crippen LogP contribution in [0.3, 0.4) is 0 Å². The van der Waals surface area contributed by atoms with E-state index in [1.54, 1.807) is 19.3 Å². The summed E-state index contributed by atoms with van der Waals surface area (Å²) in [4.78, 5) is 36.2. The number of carbonyl (C=O) groups is 2. The number of nitrogens with one attached hydrogen (secondary N) is 2. The molecule has 1 aromatic heterocycles. The molecule has 1 atom stereocenters. The first-order valence-corrected chi connectivity index (χ1v) is 8.06. The van der Waals surface area contributed by atoms with Gasteiger partial charge in [-0.1, -0.05) is 44.2 Å². The monoisotopic (exact) mass is 341 g/mol. The van der Waals surface area contributed by atoms with Crippen LogP contribution in [0.5, 0.6) is 0 Å². The molecule has 2 aromatic rings. The molecule has 2 amide bonds. The Morgan fingerprint density at radius 1 is 1.04 bits per heavy atom. The highest BCUT2D eigenvalue weighted by molar-refractivity contribution is 6.39. The average Bonchev–Trinajstić information content (AvgIpc) is 2.59. The van der Waals surface area contributed by atoms with Gasteiger partial charge in [0.2, 0.25) is 0 Å². The summed E-state index contributed by atoms with van der Waals surface area (Å²) in [6.45, 7) is 5.84. The summed E-state index contributed by atoms with van der Waals surface area (Å²) in [5, 5.41) is 5.08. The summed E-state index contributed by atoms with van der Waals surface area (Å²) >= 11 is 0. The van der Waals surface area contributed by atoms with Crippen LogP contribution in [0.4, 0.5) is 5.69 Å². The second-order valence-corrected chi connectivity index (χ2v) is 6.57. The maximum Gasteiger partial charge on any atom is 0.313 e. The van der Waals surface area contributed by atoms with Gasteiger partial charge in [-0.25, -0.2) is 0 Å². The summed E-state index contributed by atoms with van der Waals surface area (Å²) < 4.78 is 1.33. The molecule has 0 bridgehead atoms. The van der Waals surface area contributed by atoms with Crippen LogP contribution in [0.25, 0.3) is 0 Å². The van der Waals surface area contributed by atoms with E-state index in [1.807, 2.05) is 51.1 Å². The zero-order valence-corrected chi connectivity index (χ0v) is 14.9. The van der Waals surface area contributed by atoms with Gasteiger partial charge >= 0.3 is 11.8 Å². The summed E-state index contributed by atoms with van der Waals surface area (Å²) in [5.74, 6) is -1.64. The molecule has 1 aromatic carbocycles. The fourth-order valence-corrected chi connectivity index (χ4v) is 2.43. The first-order chi connectivity index (χ1) is 11.7. The van der Waals surface area contributed by atoms with Crippen LogP contribution < -0.4 is 16.2 Å². The first kappa shape index (κ1) is 18.4. The molecule has 1 heterocycles. The number of hydrogen-bond acceptors (Lipinski definition) is 3. The van der Waals surface area contributed by atoms with Crippen LogP contribution in [0.1, 0.15) is 26.3 Å². The number of pyridine rings is 1. The molecular weight excluding hydrogens is 318 g/mol. The van der Waals surface area contributed by atoms with Crippen LogP contribution in [0.15, 0.2) is 53.5 Å². The van der Waals surface area contributed by atoms with Gasteiger partial charge in [-0.15, -0.1) is 0 Å². The van der Waals surface area contributed by atoms with E-state index in [9.17, 15) is 14.4 Å². The molecule has 132 valence electrons. The molecule has 0 aliphatic rings. The minimum atomic E-state index is -0.862. The molecule has 1 unspecified atom stereocenters. The van der Waals surface area contributed by atoms with Gasteiger partial charge in [-0.05, 0) is 24.6 Å². The minimum absolute atomic E-state index is 0.0696. The van der Waals surface area contributed by atoms with E-state index in [0.29, 0.717) is 0 Å². The van der Waals surface area contributed by atoms with E-state index < -0.39 is 11.8 Å². The second-order valence-electron chi connectivity index (χ2n) is 6.57. The molecule has 2 N–H and O–H groups in total. The maximum absolute atomic E-state index is 12.2. The van der Waals surface area contributed by atoms with E-state index >= 15 is 0 Å². The van der Waals surface area contributed by atoms with Gasteiger partial charge in [-0.3, -0.25) is 14.4 Å². The number of hydrogen-bond donors (Lipinski definition) is 2. The van der Waals surface area contributed by atoms with E-state index in [1.165, 1.54) is 10.6 Å². The normalized spacial score (nSPS) is 12.3. The first-order valence-electron chi connectivity index (χ1n) is 8.06. The molecule has 0 radical (unpaired) electrons. The van der Waals surface area contributed by atoms with E-state index in [2.05, 4.69) is 10.6 Å². The Balaban J connectivity index is 2.07. The number of anilines is 1. The molecule has 0 saturated heterocycles. The van der Waals surface area contributed by atoms with Crippen molar-refractivity contribution in [2.75, 3.05) is 5.32 Å². The predicted octanol–water partition coefficient (Wildman–Crippen LogP) is 1.81. The number of aromatic nitrogens is 1. The highest BCUT2D eigenvalue weighted by atomic mass is 16.2. The van der Waals surface area contributed by atoms with Crippen LogP contribution >= 0.6 is 0 Å². The lowest BCUT2D eigenvalue weighted by Crippen LogP contribution is -2.49. The third kappa shape index (κ3) is 4.15.